The quantitative estimate of drug-likeness (QED) is 0.512. The van der Waals surface area contributed by atoms with Gasteiger partial charge in [-0.05, 0) is 37.3 Å². The minimum Gasteiger partial charge on any atom is -0.495 e. The predicted octanol–water partition coefficient (Wildman–Crippen LogP) is 4.01. The summed E-state index contributed by atoms with van der Waals surface area (Å²) in [5.74, 6) is -2.88. The Hall–Kier alpha value is -2.94. The number of amides is 1. The number of hydrogen-bond acceptors (Lipinski definition) is 5. The molecule has 0 heterocycles. The average molecular weight is 431 g/mol. The molecule has 2 rings (SSSR count). The zero-order valence-electron chi connectivity index (χ0n) is 15.5. The van der Waals surface area contributed by atoms with Crippen LogP contribution in [-0.2, 0) is 9.53 Å². The molecule has 0 aromatic heterocycles. The first kappa shape index (κ1) is 22.4. The number of esters is 1. The Morgan fingerprint density at radius 1 is 1.10 bits per heavy atom. The van der Waals surface area contributed by atoms with Crippen molar-refractivity contribution in [1.82, 2.24) is 5.32 Å². The van der Waals surface area contributed by atoms with Gasteiger partial charge in [-0.3, -0.25) is 4.79 Å². The fourth-order valence-electron chi connectivity index (χ4n) is 2.45. The zero-order chi connectivity index (χ0) is 21.7. The molecule has 0 aliphatic heterocycles. The number of anilines is 1. The summed E-state index contributed by atoms with van der Waals surface area (Å²) in [7, 11) is 1.25. The molecular weight excluding hydrogens is 413 g/mol. The molecule has 10 heteroatoms. The number of carbonyl (C=O) groups excluding carboxylic acids is 2. The minimum absolute atomic E-state index is 0.0300. The summed E-state index contributed by atoms with van der Waals surface area (Å²) in [5, 5.41) is 3.94. The van der Waals surface area contributed by atoms with E-state index in [2.05, 4.69) is 10.1 Å². The molecule has 0 spiro atoms. The molecule has 1 amide bonds. The molecule has 2 aromatic rings. The molecule has 1 atom stereocenters. The highest BCUT2D eigenvalue weighted by Crippen LogP contribution is 2.36. The number of hydrogen-bond donors (Lipinski definition) is 2. The van der Waals surface area contributed by atoms with Crippen molar-refractivity contribution in [3.63, 3.8) is 0 Å². The Kier molecular flexibility index (Phi) is 6.97. The molecule has 6 nitrogen and oxygen atoms in total. The van der Waals surface area contributed by atoms with Crippen LogP contribution in [-0.4, -0.2) is 37.4 Å². The highest BCUT2D eigenvalue weighted by Gasteiger charge is 2.64. The van der Waals surface area contributed by atoms with Crippen LogP contribution in [0.1, 0.15) is 17.3 Å². The monoisotopic (exact) mass is 430 g/mol. The van der Waals surface area contributed by atoms with Crippen LogP contribution in [0, 0.1) is 0 Å². The second-order valence-corrected chi connectivity index (χ2v) is 6.19. The largest absolute Gasteiger partial charge is 0.495 e. The van der Waals surface area contributed by atoms with E-state index in [9.17, 15) is 22.8 Å². The Morgan fingerprint density at radius 3 is 2.38 bits per heavy atom. The summed E-state index contributed by atoms with van der Waals surface area (Å²) in [6.45, 7) is 1.01. The first-order chi connectivity index (χ1) is 13.6. The smallest absolute Gasteiger partial charge is 0.441 e. The van der Waals surface area contributed by atoms with E-state index in [1.54, 1.807) is 5.32 Å². The van der Waals surface area contributed by atoms with Crippen molar-refractivity contribution < 1.29 is 32.2 Å². The molecule has 0 aliphatic rings. The van der Waals surface area contributed by atoms with Gasteiger partial charge in [0.05, 0.1) is 19.4 Å². The fraction of sp³-hybridized carbons (Fsp3) is 0.263. The maximum absolute atomic E-state index is 14.2. The Labute approximate surface area is 169 Å². The second-order valence-electron chi connectivity index (χ2n) is 5.76. The van der Waals surface area contributed by atoms with Gasteiger partial charge in [0.15, 0.2) is 0 Å². The average Bonchev–Trinajstić information content (AvgIpc) is 2.67. The summed E-state index contributed by atoms with van der Waals surface area (Å²) in [5.41, 5.74) is -3.92. The normalized spacial score (nSPS) is 13.2. The summed E-state index contributed by atoms with van der Waals surface area (Å²) < 4.78 is 52.2. The summed E-state index contributed by atoms with van der Waals surface area (Å²) in [6.07, 6.45) is -5.27. The molecule has 0 aliphatic carbocycles. The number of alkyl halides is 3. The topological polar surface area (TPSA) is 76.7 Å². The first-order valence-corrected chi connectivity index (χ1v) is 8.75. The number of para-hydroxylation sites is 2. The van der Waals surface area contributed by atoms with Gasteiger partial charge in [0.2, 0.25) is 0 Å². The van der Waals surface area contributed by atoms with Crippen LogP contribution < -0.4 is 15.4 Å². The van der Waals surface area contributed by atoms with Crippen molar-refractivity contribution in [3.8, 4) is 5.75 Å². The Bertz CT molecular complexity index is 892. The first-order valence-electron chi connectivity index (χ1n) is 8.38. The van der Waals surface area contributed by atoms with Gasteiger partial charge in [-0.1, -0.05) is 29.8 Å². The van der Waals surface area contributed by atoms with Gasteiger partial charge in [-0.2, -0.15) is 13.2 Å². The number of rotatable bonds is 7. The lowest BCUT2D eigenvalue weighted by Crippen LogP contribution is -2.69. The third-order valence-electron chi connectivity index (χ3n) is 3.82. The van der Waals surface area contributed by atoms with Crippen LogP contribution in [0.2, 0.25) is 5.02 Å². The molecular formula is C19H18ClF3N2O4. The Morgan fingerprint density at radius 2 is 1.79 bits per heavy atom. The van der Waals surface area contributed by atoms with Gasteiger partial charge in [-0.15, -0.1) is 0 Å². The van der Waals surface area contributed by atoms with E-state index in [0.29, 0.717) is 0 Å². The number of carbonyl (C=O) groups is 2. The highest BCUT2D eigenvalue weighted by atomic mass is 35.5. The SMILES string of the molecule is CCOC(=O)C(NC(=O)c1cccc(Cl)c1)(Nc1ccccc1OC)C(F)(F)F. The molecule has 0 radical (unpaired) electrons. The van der Waals surface area contributed by atoms with E-state index >= 15 is 0 Å². The number of nitrogens with one attached hydrogen (secondary N) is 2. The van der Waals surface area contributed by atoms with Crippen molar-refractivity contribution in [1.29, 1.82) is 0 Å². The van der Waals surface area contributed by atoms with Crippen LogP contribution in [0.4, 0.5) is 18.9 Å². The van der Waals surface area contributed by atoms with Crippen molar-refractivity contribution in [2.75, 3.05) is 19.0 Å². The van der Waals surface area contributed by atoms with Gasteiger partial charge in [-0.25, -0.2) is 4.79 Å². The molecule has 0 bridgehead atoms. The molecule has 2 N–H and O–H groups in total. The van der Waals surface area contributed by atoms with E-state index in [0.717, 1.165) is 0 Å². The lowest BCUT2D eigenvalue weighted by atomic mass is 10.1. The lowest BCUT2D eigenvalue weighted by molar-refractivity contribution is -0.204. The van der Waals surface area contributed by atoms with Gasteiger partial charge in [0.25, 0.3) is 5.91 Å². The van der Waals surface area contributed by atoms with Crippen molar-refractivity contribution >= 4 is 29.2 Å². The maximum atomic E-state index is 14.2. The molecule has 1 unspecified atom stereocenters. The summed E-state index contributed by atoms with van der Waals surface area (Å²) in [6, 6.07) is 10.9. The summed E-state index contributed by atoms with van der Waals surface area (Å²) in [4.78, 5) is 25.0. The minimum atomic E-state index is -5.27. The van der Waals surface area contributed by atoms with Gasteiger partial charge < -0.3 is 20.1 Å². The van der Waals surface area contributed by atoms with E-state index in [4.69, 9.17) is 16.3 Å². The standard InChI is InChI=1S/C19H18ClF3N2O4/c1-3-29-17(27)18(19(21,22)23,24-14-9-4-5-10-15(14)28-2)25-16(26)12-7-6-8-13(20)11-12/h4-11,24H,3H2,1-2H3,(H,25,26). The van der Waals surface area contributed by atoms with Crippen LogP contribution in [0.25, 0.3) is 0 Å². The molecule has 0 saturated heterocycles. The van der Waals surface area contributed by atoms with E-state index in [1.807, 2.05) is 0 Å². The van der Waals surface area contributed by atoms with Crippen molar-refractivity contribution in [2.24, 2.45) is 0 Å². The molecule has 0 fully saturated rings. The van der Waals surface area contributed by atoms with E-state index in [-0.39, 0.29) is 28.6 Å². The fourth-order valence-corrected chi connectivity index (χ4v) is 2.64. The van der Waals surface area contributed by atoms with Crippen molar-refractivity contribution in [2.45, 2.75) is 18.8 Å². The number of halogens is 4. The third kappa shape index (κ3) is 4.92. The number of ether oxygens (including phenoxy) is 2. The predicted molar refractivity (Wildman–Crippen MR) is 101 cm³/mol. The van der Waals surface area contributed by atoms with Gasteiger partial charge in [0.1, 0.15) is 5.75 Å². The number of benzene rings is 2. The zero-order valence-corrected chi connectivity index (χ0v) is 16.2. The molecule has 29 heavy (non-hydrogen) atoms. The molecule has 2 aromatic carbocycles. The van der Waals surface area contributed by atoms with E-state index < -0.39 is 23.7 Å². The lowest BCUT2D eigenvalue weighted by Gasteiger charge is -2.35. The molecule has 156 valence electrons. The highest BCUT2D eigenvalue weighted by molar-refractivity contribution is 6.31. The van der Waals surface area contributed by atoms with Crippen LogP contribution in [0.3, 0.4) is 0 Å². The van der Waals surface area contributed by atoms with Gasteiger partial charge in [0, 0.05) is 10.6 Å². The van der Waals surface area contributed by atoms with Crippen molar-refractivity contribution in [3.05, 3.63) is 59.1 Å². The van der Waals surface area contributed by atoms with Crippen LogP contribution in [0.15, 0.2) is 48.5 Å². The number of methoxy groups -OCH3 is 1. The van der Waals surface area contributed by atoms with Gasteiger partial charge >= 0.3 is 17.8 Å². The molecule has 0 saturated carbocycles. The van der Waals surface area contributed by atoms with E-state index in [1.165, 1.54) is 62.6 Å². The summed E-state index contributed by atoms with van der Waals surface area (Å²) >= 11 is 5.81. The second kappa shape index (κ2) is 9.04. The van der Waals surface area contributed by atoms with Crippen LogP contribution in [0.5, 0.6) is 5.75 Å². The third-order valence-corrected chi connectivity index (χ3v) is 4.06. The maximum Gasteiger partial charge on any atom is 0.441 e. The van der Waals surface area contributed by atoms with Crippen LogP contribution >= 0.6 is 11.6 Å². The Balaban J connectivity index is 2.56.